The lowest BCUT2D eigenvalue weighted by atomic mass is 9.88. The third kappa shape index (κ3) is 7.69. The molecule has 0 radical (unpaired) electrons. The van der Waals surface area contributed by atoms with Gasteiger partial charge in [-0.3, -0.25) is 9.69 Å². The molecule has 3 amide bonds. The Morgan fingerprint density at radius 3 is 2.34 bits per heavy atom. The van der Waals surface area contributed by atoms with E-state index in [1.807, 2.05) is 30.3 Å². The number of carbonyl (C=O) groups excluding carboxylic acids is 2. The number of amides is 3. The molecule has 2 rings (SSSR count). The van der Waals surface area contributed by atoms with Gasteiger partial charge in [0.1, 0.15) is 0 Å². The summed E-state index contributed by atoms with van der Waals surface area (Å²) in [5.74, 6) is 1.36. The van der Waals surface area contributed by atoms with E-state index in [4.69, 9.17) is 0 Å². The van der Waals surface area contributed by atoms with E-state index in [0.29, 0.717) is 31.5 Å². The number of hydrogen-bond acceptors (Lipinski definition) is 3. The fourth-order valence-corrected chi connectivity index (χ4v) is 4.02. The number of carbonyl (C=O) groups is 2. The molecule has 0 bridgehead atoms. The van der Waals surface area contributed by atoms with Crippen molar-refractivity contribution in [3.05, 3.63) is 35.9 Å². The molecule has 0 spiro atoms. The first kappa shape index (κ1) is 23.2. The summed E-state index contributed by atoms with van der Waals surface area (Å²) in [4.78, 5) is 28.6. The standard InChI is InChI=1S/C23H38N4O2/c1-18-13-19(2)15-27(14-18)23(3,4)17-25-21(28)11-12-24-22(29)26(5)16-20-9-7-6-8-10-20/h6-10,18-19H,11-17H2,1-5H3,(H,24,29)(H,25,28). The Morgan fingerprint density at radius 1 is 1.10 bits per heavy atom. The van der Waals surface area contributed by atoms with Crippen LogP contribution in [-0.2, 0) is 11.3 Å². The first-order valence-corrected chi connectivity index (χ1v) is 10.7. The maximum Gasteiger partial charge on any atom is 0.317 e. The van der Waals surface area contributed by atoms with Crippen LogP contribution in [0.1, 0.15) is 46.1 Å². The van der Waals surface area contributed by atoms with Crippen LogP contribution in [-0.4, -0.2) is 60.5 Å². The van der Waals surface area contributed by atoms with Crippen LogP contribution >= 0.6 is 0 Å². The fourth-order valence-electron chi connectivity index (χ4n) is 4.02. The molecule has 6 heteroatoms. The van der Waals surface area contributed by atoms with Gasteiger partial charge >= 0.3 is 6.03 Å². The molecule has 1 aliphatic heterocycles. The average Bonchev–Trinajstić information content (AvgIpc) is 2.66. The normalized spacial score (nSPS) is 20.2. The molecular formula is C23H38N4O2. The summed E-state index contributed by atoms with van der Waals surface area (Å²) >= 11 is 0. The molecular weight excluding hydrogens is 364 g/mol. The molecule has 1 aromatic carbocycles. The van der Waals surface area contributed by atoms with Gasteiger partial charge < -0.3 is 15.5 Å². The predicted molar refractivity (Wildman–Crippen MR) is 118 cm³/mol. The Hall–Kier alpha value is -2.08. The lowest BCUT2D eigenvalue weighted by Crippen LogP contribution is -2.56. The highest BCUT2D eigenvalue weighted by atomic mass is 16.2. The summed E-state index contributed by atoms with van der Waals surface area (Å²) in [5.41, 5.74) is 1.00. The second kappa shape index (κ2) is 10.6. The molecule has 2 atom stereocenters. The van der Waals surface area contributed by atoms with Crippen LogP contribution in [0.15, 0.2) is 30.3 Å². The Morgan fingerprint density at radius 2 is 1.72 bits per heavy atom. The van der Waals surface area contributed by atoms with Crippen LogP contribution < -0.4 is 10.6 Å². The van der Waals surface area contributed by atoms with Gasteiger partial charge in [-0.2, -0.15) is 0 Å². The number of nitrogens with zero attached hydrogens (tertiary/aromatic N) is 2. The molecule has 1 saturated heterocycles. The van der Waals surface area contributed by atoms with Gasteiger partial charge in [-0.1, -0.05) is 44.2 Å². The molecule has 2 unspecified atom stereocenters. The zero-order valence-corrected chi connectivity index (χ0v) is 18.7. The number of benzene rings is 1. The molecule has 29 heavy (non-hydrogen) atoms. The van der Waals surface area contributed by atoms with E-state index < -0.39 is 0 Å². The molecule has 1 heterocycles. The van der Waals surface area contributed by atoms with E-state index >= 15 is 0 Å². The highest BCUT2D eigenvalue weighted by Gasteiger charge is 2.32. The van der Waals surface area contributed by atoms with Crippen molar-refractivity contribution in [3.8, 4) is 0 Å². The maximum absolute atomic E-state index is 12.2. The summed E-state index contributed by atoms with van der Waals surface area (Å²) in [5, 5.41) is 5.87. The SMILES string of the molecule is CC1CC(C)CN(C(C)(C)CNC(=O)CCNC(=O)N(C)Cc2ccccc2)C1. The van der Waals surface area contributed by atoms with Crippen LogP contribution in [0.4, 0.5) is 4.79 Å². The Bertz CT molecular complexity index is 652. The second-order valence-corrected chi connectivity index (χ2v) is 9.26. The smallest absolute Gasteiger partial charge is 0.317 e. The minimum Gasteiger partial charge on any atom is -0.354 e. The van der Waals surface area contributed by atoms with Crippen LogP contribution in [0.2, 0.25) is 0 Å². The van der Waals surface area contributed by atoms with Gasteiger partial charge in [-0.15, -0.1) is 0 Å². The molecule has 1 fully saturated rings. The Balaban J connectivity index is 1.68. The average molecular weight is 403 g/mol. The lowest BCUT2D eigenvalue weighted by Gasteiger charge is -2.45. The Kier molecular flexibility index (Phi) is 8.50. The molecule has 0 aliphatic carbocycles. The lowest BCUT2D eigenvalue weighted by molar-refractivity contribution is -0.121. The molecule has 0 aromatic heterocycles. The summed E-state index contributed by atoms with van der Waals surface area (Å²) in [7, 11) is 1.76. The van der Waals surface area contributed by atoms with Crippen molar-refractivity contribution in [2.24, 2.45) is 11.8 Å². The molecule has 0 saturated carbocycles. The fraction of sp³-hybridized carbons (Fsp3) is 0.652. The quantitative estimate of drug-likeness (QED) is 0.702. The number of nitrogens with one attached hydrogen (secondary N) is 2. The van der Waals surface area contributed by atoms with Crippen LogP contribution in [0, 0.1) is 11.8 Å². The summed E-state index contributed by atoms with van der Waals surface area (Å²) < 4.78 is 0. The second-order valence-electron chi connectivity index (χ2n) is 9.26. The van der Waals surface area contributed by atoms with Crippen molar-refractivity contribution in [2.75, 3.05) is 33.2 Å². The van der Waals surface area contributed by atoms with Crippen molar-refractivity contribution >= 4 is 11.9 Å². The van der Waals surface area contributed by atoms with Gasteiger partial charge in [0.15, 0.2) is 0 Å². The van der Waals surface area contributed by atoms with E-state index in [1.165, 1.54) is 6.42 Å². The first-order chi connectivity index (χ1) is 13.7. The molecule has 1 aromatic rings. The van der Waals surface area contributed by atoms with Gasteiger partial charge in [0.05, 0.1) is 0 Å². The number of urea groups is 1. The van der Waals surface area contributed by atoms with Gasteiger partial charge in [0.25, 0.3) is 0 Å². The van der Waals surface area contributed by atoms with Gasteiger partial charge in [-0.25, -0.2) is 4.79 Å². The van der Waals surface area contributed by atoms with Crippen molar-refractivity contribution < 1.29 is 9.59 Å². The van der Waals surface area contributed by atoms with E-state index in [1.54, 1.807) is 11.9 Å². The van der Waals surface area contributed by atoms with Crippen LogP contribution in [0.25, 0.3) is 0 Å². The van der Waals surface area contributed by atoms with Gasteiger partial charge in [0.2, 0.25) is 5.91 Å². The minimum absolute atomic E-state index is 0.0257. The molecule has 2 N–H and O–H groups in total. The zero-order valence-electron chi connectivity index (χ0n) is 18.7. The summed E-state index contributed by atoms with van der Waals surface area (Å²) in [6, 6.07) is 9.68. The molecule has 1 aliphatic rings. The number of hydrogen-bond donors (Lipinski definition) is 2. The van der Waals surface area contributed by atoms with Crippen LogP contribution in [0.3, 0.4) is 0 Å². The predicted octanol–water partition coefficient (Wildman–Crippen LogP) is 3.09. The summed E-state index contributed by atoms with van der Waals surface area (Å²) in [6.45, 7) is 12.6. The van der Waals surface area contributed by atoms with E-state index in [9.17, 15) is 9.59 Å². The van der Waals surface area contributed by atoms with Crippen LogP contribution in [0.5, 0.6) is 0 Å². The van der Waals surface area contributed by atoms with Crippen molar-refractivity contribution in [3.63, 3.8) is 0 Å². The molecule has 6 nitrogen and oxygen atoms in total. The Labute approximate surface area is 176 Å². The van der Waals surface area contributed by atoms with Crippen molar-refractivity contribution in [2.45, 2.75) is 52.6 Å². The van der Waals surface area contributed by atoms with Gasteiger partial charge in [0, 0.05) is 51.7 Å². The zero-order chi connectivity index (χ0) is 21.4. The third-order valence-corrected chi connectivity index (χ3v) is 5.68. The van der Waals surface area contributed by atoms with Crippen molar-refractivity contribution in [1.82, 2.24) is 20.4 Å². The maximum atomic E-state index is 12.2. The largest absolute Gasteiger partial charge is 0.354 e. The third-order valence-electron chi connectivity index (χ3n) is 5.68. The topological polar surface area (TPSA) is 64.7 Å². The van der Waals surface area contributed by atoms with Gasteiger partial charge in [-0.05, 0) is 37.7 Å². The summed E-state index contributed by atoms with van der Waals surface area (Å²) in [6.07, 6.45) is 1.56. The number of rotatable bonds is 8. The minimum atomic E-state index is -0.168. The number of likely N-dealkylation sites (tertiary alicyclic amines) is 1. The van der Waals surface area contributed by atoms with Crippen molar-refractivity contribution in [1.29, 1.82) is 0 Å². The molecule has 162 valence electrons. The van der Waals surface area contributed by atoms with E-state index in [0.717, 1.165) is 18.7 Å². The number of piperidine rings is 1. The monoisotopic (exact) mass is 402 g/mol. The van der Waals surface area contributed by atoms with E-state index in [-0.39, 0.29) is 23.9 Å². The van der Waals surface area contributed by atoms with E-state index in [2.05, 4.69) is 43.2 Å². The highest BCUT2D eigenvalue weighted by molar-refractivity contribution is 5.78. The first-order valence-electron chi connectivity index (χ1n) is 10.7. The highest BCUT2D eigenvalue weighted by Crippen LogP contribution is 2.26.